The highest BCUT2D eigenvalue weighted by Gasteiger charge is 2.15. The molecule has 0 saturated carbocycles. The second-order valence-corrected chi connectivity index (χ2v) is 7.09. The topological polar surface area (TPSA) is 92.8 Å². The van der Waals surface area contributed by atoms with Crippen molar-refractivity contribution in [3.63, 3.8) is 0 Å². The molecule has 0 radical (unpaired) electrons. The molecule has 0 aliphatic heterocycles. The summed E-state index contributed by atoms with van der Waals surface area (Å²) in [6, 6.07) is 13.4. The van der Waals surface area contributed by atoms with Crippen molar-refractivity contribution in [2.45, 2.75) is 26.2 Å². The van der Waals surface area contributed by atoms with Crippen LogP contribution in [0.4, 0.5) is 5.82 Å². The van der Waals surface area contributed by atoms with Crippen LogP contribution >= 0.6 is 15.9 Å². The summed E-state index contributed by atoms with van der Waals surface area (Å²) in [7, 11) is 0. The number of rotatable bonds is 8. The van der Waals surface area contributed by atoms with E-state index >= 15 is 0 Å². The fraction of sp³-hybridized carbons (Fsp3) is 0.238. The van der Waals surface area contributed by atoms with Gasteiger partial charge in [-0.25, -0.2) is 4.98 Å². The van der Waals surface area contributed by atoms with E-state index in [9.17, 15) is 10.1 Å². The van der Waals surface area contributed by atoms with Gasteiger partial charge in [0.15, 0.2) is 11.6 Å². The number of hydrogen-bond donors (Lipinski definition) is 1. The molecule has 2 heterocycles. The predicted molar refractivity (Wildman–Crippen MR) is 113 cm³/mol. The number of carbonyl (C=O) groups is 1. The molecule has 0 atom stereocenters. The number of nitrogens with one attached hydrogen (secondary N) is 1. The minimum absolute atomic E-state index is 0.219. The molecule has 3 aromatic rings. The molecule has 0 bridgehead atoms. The van der Waals surface area contributed by atoms with E-state index in [4.69, 9.17) is 4.74 Å². The van der Waals surface area contributed by atoms with Gasteiger partial charge in [0.2, 0.25) is 5.91 Å². The van der Waals surface area contributed by atoms with E-state index in [-0.39, 0.29) is 17.9 Å². The molecule has 8 heteroatoms. The maximum absolute atomic E-state index is 12.4. The Labute approximate surface area is 177 Å². The fourth-order valence-corrected chi connectivity index (χ4v) is 3.23. The first kappa shape index (κ1) is 20.6. The maximum atomic E-state index is 12.4. The van der Waals surface area contributed by atoms with Gasteiger partial charge in [-0.05, 0) is 58.6 Å². The molecule has 1 aromatic carbocycles. The van der Waals surface area contributed by atoms with Gasteiger partial charge >= 0.3 is 0 Å². The summed E-state index contributed by atoms with van der Waals surface area (Å²) in [6.45, 7) is 2.50. The molecule has 0 unspecified atom stereocenters. The summed E-state index contributed by atoms with van der Waals surface area (Å²) in [5.74, 6) is 1.37. The number of hydrogen-bond acceptors (Lipinski definition) is 5. The molecular weight excluding hydrogens is 434 g/mol. The van der Waals surface area contributed by atoms with E-state index in [1.807, 2.05) is 30.3 Å². The largest absolute Gasteiger partial charge is 0.492 e. The van der Waals surface area contributed by atoms with E-state index < -0.39 is 0 Å². The minimum Gasteiger partial charge on any atom is -0.492 e. The van der Waals surface area contributed by atoms with Crippen LogP contribution in [0.15, 0.2) is 53.3 Å². The Hall–Kier alpha value is -3.18. The molecule has 0 saturated heterocycles. The minimum atomic E-state index is -0.219. The smallest absolute Gasteiger partial charge is 0.225 e. The molecule has 0 aliphatic rings. The van der Waals surface area contributed by atoms with Gasteiger partial charge in [-0.3, -0.25) is 4.79 Å². The number of nitriles is 1. The quantitative estimate of drug-likeness (QED) is 0.514. The number of carbonyl (C=O) groups excluding carboxylic acids is 1. The van der Waals surface area contributed by atoms with Crippen LogP contribution in [0, 0.1) is 11.3 Å². The summed E-state index contributed by atoms with van der Waals surface area (Å²) in [4.78, 5) is 16.6. The lowest BCUT2D eigenvalue weighted by Gasteiger charge is -2.10. The summed E-state index contributed by atoms with van der Waals surface area (Å²) < 4.78 is 8.10. The standard InChI is InChI=1S/C21H20BrN5O2/c1-2-15-8-9-18(17(22)12-15)29-11-5-7-20(28)26-21-16(13-23)14-25-27(21)19-6-3-4-10-24-19/h3-4,6,8-10,12,14H,2,5,7,11H2,1H3,(H,26,28). The Bertz CT molecular complexity index is 1030. The lowest BCUT2D eigenvalue weighted by molar-refractivity contribution is -0.116. The molecule has 29 heavy (non-hydrogen) atoms. The maximum Gasteiger partial charge on any atom is 0.225 e. The third-order valence-electron chi connectivity index (χ3n) is 4.22. The average Bonchev–Trinajstić information content (AvgIpc) is 3.15. The number of halogens is 1. The van der Waals surface area contributed by atoms with Crippen molar-refractivity contribution in [1.82, 2.24) is 14.8 Å². The SMILES string of the molecule is CCc1ccc(OCCCC(=O)Nc2c(C#N)cnn2-c2ccccn2)c(Br)c1. The van der Waals surface area contributed by atoms with Crippen molar-refractivity contribution in [2.75, 3.05) is 11.9 Å². The number of benzene rings is 1. The molecule has 3 rings (SSSR count). The number of aromatic nitrogens is 3. The highest BCUT2D eigenvalue weighted by atomic mass is 79.9. The van der Waals surface area contributed by atoms with Gasteiger partial charge in [0.05, 0.1) is 17.3 Å². The number of ether oxygens (including phenoxy) is 1. The second kappa shape index (κ2) is 9.85. The van der Waals surface area contributed by atoms with E-state index in [0.29, 0.717) is 24.7 Å². The molecule has 2 aromatic heterocycles. The first-order chi connectivity index (χ1) is 14.1. The zero-order valence-electron chi connectivity index (χ0n) is 15.9. The Kier molecular flexibility index (Phi) is 6.98. The Balaban J connectivity index is 1.56. The molecular formula is C21H20BrN5O2. The fourth-order valence-electron chi connectivity index (χ4n) is 2.69. The summed E-state index contributed by atoms with van der Waals surface area (Å²) in [5, 5.41) is 16.2. The molecule has 0 aliphatic carbocycles. The van der Waals surface area contributed by atoms with Crippen molar-refractivity contribution in [1.29, 1.82) is 5.26 Å². The second-order valence-electron chi connectivity index (χ2n) is 6.24. The highest BCUT2D eigenvalue weighted by Crippen LogP contribution is 2.26. The van der Waals surface area contributed by atoms with Crippen LogP contribution in [-0.2, 0) is 11.2 Å². The molecule has 7 nitrogen and oxygen atoms in total. The van der Waals surface area contributed by atoms with Crippen LogP contribution in [-0.4, -0.2) is 27.3 Å². The number of aryl methyl sites for hydroxylation is 1. The molecule has 0 fully saturated rings. The van der Waals surface area contributed by atoms with Gasteiger partial charge < -0.3 is 10.1 Å². The van der Waals surface area contributed by atoms with Crippen LogP contribution < -0.4 is 10.1 Å². The molecule has 0 spiro atoms. The van der Waals surface area contributed by atoms with Crippen LogP contribution in [0.5, 0.6) is 5.75 Å². The lowest BCUT2D eigenvalue weighted by Crippen LogP contribution is -2.17. The van der Waals surface area contributed by atoms with Crippen molar-refractivity contribution in [3.05, 3.63) is 64.4 Å². The van der Waals surface area contributed by atoms with Crippen molar-refractivity contribution < 1.29 is 9.53 Å². The molecule has 1 amide bonds. The van der Waals surface area contributed by atoms with Gasteiger partial charge in [-0.15, -0.1) is 0 Å². The number of nitrogens with zero attached hydrogens (tertiary/aromatic N) is 4. The summed E-state index contributed by atoms with van der Waals surface area (Å²) >= 11 is 3.50. The van der Waals surface area contributed by atoms with Gasteiger partial charge in [0.1, 0.15) is 17.4 Å². The van der Waals surface area contributed by atoms with E-state index in [1.54, 1.807) is 18.3 Å². The van der Waals surface area contributed by atoms with Gasteiger partial charge in [-0.1, -0.05) is 19.1 Å². The van der Waals surface area contributed by atoms with E-state index in [1.165, 1.54) is 16.4 Å². The molecule has 1 N–H and O–H groups in total. The molecule has 148 valence electrons. The van der Waals surface area contributed by atoms with Crippen LogP contribution in [0.3, 0.4) is 0 Å². The van der Waals surface area contributed by atoms with Gasteiger partial charge in [-0.2, -0.15) is 15.0 Å². The average molecular weight is 454 g/mol. The van der Waals surface area contributed by atoms with Gasteiger partial charge in [0.25, 0.3) is 0 Å². The van der Waals surface area contributed by atoms with Crippen molar-refractivity contribution in [3.8, 4) is 17.6 Å². The first-order valence-corrected chi connectivity index (χ1v) is 10.0. The van der Waals surface area contributed by atoms with Crippen LogP contribution in [0.25, 0.3) is 5.82 Å². The van der Waals surface area contributed by atoms with Gasteiger partial charge in [0, 0.05) is 12.6 Å². The third-order valence-corrected chi connectivity index (χ3v) is 4.84. The van der Waals surface area contributed by atoms with Crippen LogP contribution in [0.1, 0.15) is 30.9 Å². The summed E-state index contributed by atoms with van der Waals surface area (Å²) in [6.07, 6.45) is 4.78. The zero-order chi connectivity index (χ0) is 20.6. The lowest BCUT2D eigenvalue weighted by atomic mass is 10.2. The first-order valence-electron chi connectivity index (χ1n) is 9.23. The van der Waals surface area contributed by atoms with Crippen molar-refractivity contribution >= 4 is 27.7 Å². The van der Waals surface area contributed by atoms with Crippen molar-refractivity contribution in [2.24, 2.45) is 0 Å². The number of anilines is 1. The van der Waals surface area contributed by atoms with E-state index in [0.717, 1.165) is 16.6 Å². The number of amides is 1. The number of pyridine rings is 1. The monoisotopic (exact) mass is 453 g/mol. The highest BCUT2D eigenvalue weighted by molar-refractivity contribution is 9.10. The normalized spacial score (nSPS) is 10.4. The predicted octanol–water partition coefficient (Wildman–Crippen LogP) is 4.26. The Morgan fingerprint density at radius 2 is 2.21 bits per heavy atom. The third kappa shape index (κ3) is 5.21. The van der Waals surface area contributed by atoms with E-state index in [2.05, 4.69) is 38.3 Å². The summed E-state index contributed by atoms with van der Waals surface area (Å²) in [5.41, 5.74) is 1.50. The Morgan fingerprint density at radius 3 is 2.90 bits per heavy atom. The Morgan fingerprint density at radius 1 is 1.34 bits per heavy atom. The zero-order valence-corrected chi connectivity index (χ0v) is 17.5. The van der Waals surface area contributed by atoms with Crippen LogP contribution in [0.2, 0.25) is 0 Å².